The van der Waals surface area contributed by atoms with Crippen LogP contribution in [-0.4, -0.2) is 43.4 Å². The molecular formula is C16H24BrIN4O. The number of guanidine groups is 1. The molecule has 0 aliphatic heterocycles. The van der Waals surface area contributed by atoms with Gasteiger partial charge in [0.15, 0.2) is 5.96 Å². The number of hydrogen-bond donors (Lipinski definition) is 2. The predicted molar refractivity (Wildman–Crippen MR) is 108 cm³/mol. The highest BCUT2D eigenvalue weighted by atomic mass is 127. The molecule has 0 saturated heterocycles. The van der Waals surface area contributed by atoms with Crippen LogP contribution in [0.5, 0.6) is 0 Å². The van der Waals surface area contributed by atoms with Crippen molar-refractivity contribution in [2.24, 2.45) is 4.99 Å². The number of carbonyl (C=O) groups excluding carboxylic acids is 1. The first kappa shape index (κ1) is 20.2. The van der Waals surface area contributed by atoms with Crippen LogP contribution in [0, 0.1) is 0 Å². The number of hydrogen-bond acceptors (Lipinski definition) is 2. The van der Waals surface area contributed by atoms with Crippen LogP contribution in [0.3, 0.4) is 0 Å². The third-order valence-electron chi connectivity index (χ3n) is 3.56. The Kier molecular flexibility index (Phi) is 8.90. The molecule has 1 fully saturated rings. The van der Waals surface area contributed by atoms with Crippen molar-refractivity contribution < 1.29 is 4.79 Å². The van der Waals surface area contributed by atoms with Gasteiger partial charge in [-0.2, -0.15) is 0 Å². The van der Waals surface area contributed by atoms with Gasteiger partial charge >= 0.3 is 0 Å². The van der Waals surface area contributed by atoms with Crippen LogP contribution < -0.4 is 10.6 Å². The largest absolute Gasteiger partial charge is 0.356 e. The van der Waals surface area contributed by atoms with E-state index in [0.29, 0.717) is 25.6 Å². The van der Waals surface area contributed by atoms with E-state index in [9.17, 15) is 4.79 Å². The van der Waals surface area contributed by atoms with Crippen molar-refractivity contribution in [1.82, 2.24) is 15.5 Å². The first-order valence-corrected chi connectivity index (χ1v) is 8.34. The lowest BCUT2D eigenvalue weighted by molar-refractivity contribution is -0.130. The van der Waals surface area contributed by atoms with Gasteiger partial charge in [0.2, 0.25) is 5.91 Å². The van der Waals surface area contributed by atoms with Gasteiger partial charge in [0.05, 0.1) is 0 Å². The molecule has 1 aliphatic rings. The van der Waals surface area contributed by atoms with E-state index >= 15 is 0 Å². The Morgan fingerprint density at radius 2 is 2.09 bits per heavy atom. The number of carbonyl (C=O) groups is 1. The summed E-state index contributed by atoms with van der Waals surface area (Å²) in [5.74, 6) is 0.897. The molecule has 0 heterocycles. The topological polar surface area (TPSA) is 56.7 Å². The van der Waals surface area contributed by atoms with Crippen molar-refractivity contribution in [1.29, 1.82) is 0 Å². The Morgan fingerprint density at radius 1 is 1.39 bits per heavy atom. The Bertz CT molecular complexity index is 549. The van der Waals surface area contributed by atoms with Crippen molar-refractivity contribution in [3.63, 3.8) is 0 Å². The fourth-order valence-electron chi connectivity index (χ4n) is 2.06. The fourth-order valence-corrected chi connectivity index (χ4v) is 2.47. The molecule has 7 heteroatoms. The van der Waals surface area contributed by atoms with Crippen LogP contribution in [0.4, 0.5) is 0 Å². The summed E-state index contributed by atoms with van der Waals surface area (Å²) >= 11 is 3.51. The minimum absolute atomic E-state index is 0. The number of benzene rings is 1. The van der Waals surface area contributed by atoms with Crippen molar-refractivity contribution in [2.75, 3.05) is 20.6 Å². The summed E-state index contributed by atoms with van der Waals surface area (Å²) in [6.45, 7) is 1.20. The van der Waals surface area contributed by atoms with Crippen LogP contribution in [0.1, 0.15) is 24.8 Å². The van der Waals surface area contributed by atoms with E-state index < -0.39 is 0 Å². The highest BCUT2D eigenvalue weighted by Crippen LogP contribution is 2.18. The normalized spacial score (nSPS) is 14.0. The summed E-state index contributed by atoms with van der Waals surface area (Å²) in [6, 6.07) is 8.52. The van der Waals surface area contributed by atoms with Gasteiger partial charge in [-0.15, -0.1) is 24.0 Å². The zero-order chi connectivity index (χ0) is 15.9. The quantitative estimate of drug-likeness (QED) is 0.363. The summed E-state index contributed by atoms with van der Waals surface area (Å²) in [4.78, 5) is 18.1. The molecule has 0 aromatic heterocycles. The number of amides is 1. The summed E-state index contributed by atoms with van der Waals surface area (Å²) < 4.78 is 1.03. The van der Waals surface area contributed by atoms with Crippen LogP contribution in [0.2, 0.25) is 0 Å². The summed E-state index contributed by atoms with van der Waals surface area (Å²) in [7, 11) is 3.58. The number of halogens is 2. The molecule has 2 rings (SSSR count). The lowest BCUT2D eigenvalue weighted by Crippen LogP contribution is -2.40. The number of rotatable bonds is 6. The van der Waals surface area contributed by atoms with Crippen LogP contribution in [0.15, 0.2) is 33.7 Å². The average Bonchev–Trinajstić information content (AvgIpc) is 3.32. The van der Waals surface area contributed by atoms with E-state index in [2.05, 4.69) is 31.6 Å². The lowest BCUT2D eigenvalue weighted by atomic mass is 10.2. The maximum absolute atomic E-state index is 12.2. The first-order valence-electron chi connectivity index (χ1n) is 7.54. The van der Waals surface area contributed by atoms with Gasteiger partial charge in [-0.25, -0.2) is 0 Å². The Hall–Kier alpha value is -0.830. The van der Waals surface area contributed by atoms with E-state index in [0.717, 1.165) is 16.0 Å². The van der Waals surface area contributed by atoms with Gasteiger partial charge in [0.25, 0.3) is 0 Å². The van der Waals surface area contributed by atoms with Crippen LogP contribution in [0.25, 0.3) is 0 Å². The molecule has 0 bridgehead atoms. The maximum atomic E-state index is 12.2. The van der Waals surface area contributed by atoms with Crippen molar-refractivity contribution >= 4 is 51.8 Å². The third-order valence-corrected chi connectivity index (χ3v) is 4.34. The highest BCUT2D eigenvalue weighted by molar-refractivity contribution is 14.0. The Balaban J connectivity index is 0.00000264. The smallest absolute Gasteiger partial charge is 0.224 e. The first-order chi connectivity index (χ1) is 10.6. The Morgan fingerprint density at radius 3 is 2.70 bits per heavy atom. The van der Waals surface area contributed by atoms with Gasteiger partial charge in [0, 0.05) is 44.1 Å². The van der Waals surface area contributed by atoms with Gasteiger partial charge in [-0.3, -0.25) is 9.79 Å². The molecule has 1 aromatic rings. The lowest BCUT2D eigenvalue weighted by Gasteiger charge is -2.19. The maximum Gasteiger partial charge on any atom is 0.224 e. The number of aliphatic imine (C=N–C) groups is 1. The molecular weight excluding hydrogens is 471 g/mol. The van der Waals surface area contributed by atoms with E-state index in [1.807, 2.05) is 31.3 Å². The van der Waals surface area contributed by atoms with Gasteiger partial charge in [-0.1, -0.05) is 34.1 Å². The van der Waals surface area contributed by atoms with Crippen molar-refractivity contribution in [3.05, 3.63) is 34.3 Å². The van der Waals surface area contributed by atoms with Crippen molar-refractivity contribution in [2.45, 2.75) is 31.8 Å². The second-order valence-electron chi connectivity index (χ2n) is 5.51. The van der Waals surface area contributed by atoms with Gasteiger partial charge < -0.3 is 15.5 Å². The molecule has 0 spiro atoms. The van der Waals surface area contributed by atoms with E-state index in [4.69, 9.17) is 0 Å². The monoisotopic (exact) mass is 494 g/mol. The molecule has 1 amide bonds. The number of nitrogens with zero attached hydrogens (tertiary/aromatic N) is 2. The molecule has 23 heavy (non-hydrogen) atoms. The second kappa shape index (κ2) is 10.1. The Labute approximate surface area is 163 Å². The molecule has 5 nitrogen and oxygen atoms in total. The molecule has 0 atom stereocenters. The van der Waals surface area contributed by atoms with Crippen molar-refractivity contribution in [3.8, 4) is 0 Å². The molecule has 128 valence electrons. The number of nitrogens with one attached hydrogen (secondary N) is 2. The summed E-state index contributed by atoms with van der Waals surface area (Å²) in [6.07, 6.45) is 2.86. The van der Waals surface area contributed by atoms with Crippen LogP contribution >= 0.6 is 39.9 Å². The molecule has 0 radical (unpaired) electrons. The van der Waals surface area contributed by atoms with E-state index in [1.54, 1.807) is 11.9 Å². The predicted octanol–water partition coefficient (Wildman–Crippen LogP) is 2.74. The third kappa shape index (κ3) is 7.07. The zero-order valence-corrected chi connectivity index (χ0v) is 17.4. The van der Waals surface area contributed by atoms with Gasteiger partial charge in [0.1, 0.15) is 0 Å². The summed E-state index contributed by atoms with van der Waals surface area (Å²) in [5.41, 5.74) is 1.11. The molecule has 2 N–H and O–H groups in total. The average molecular weight is 495 g/mol. The standard InChI is InChI=1S/C16H23BrN4O.HI/c1-18-16(20-13-7-8-13)19-10-9-15(22)21(2)11-12-5-3-4-6-14(12)17;/h3-6,13H,7-11H2,1-2H3,(H2,18,19,20);1H. The SMILES string of the molecule is CN=C(NCCC(=O)N(C)Cc1ccccc1Br)NC1CC1.I. The molecule has 1 saturated carbocycles. The van der Waals surface area contributed by atoms with Gasteiger partial charge in [-0.05, 0) is 24.5 Å². The minimum atomic E-state index is 0. The molecule has 0 unspecified atom stereocenters. The molecule has 1 aliphatic carbocycles. The van der Waals surface area contributed by atoms with E-state index in [1.165, 1.54) is 12.8 Å². The summed E-state index contributed by atoms with van der Waals surface area (Å²) in [5, 5.41) is 6.48. The highest BCUT2D eigenvalue weighted by Gasteiger charge is 2.22. The van der Waals surface area contributed by atoms with E-state index in [-0.39, 0.29) is 29.9 Å². The fraction of sp³-hybridized carbons (Fsp3) is 0.500. The molecule has 1 aromatic carbocycles. The van der Waals surface area contributed by atoms with Crippen LogP contribution in [-0.2, 0) is 11.3 Å². The second-order valence-corrected chi connectivity index (χ2v) is 6.36. The minimum Gasteiger partial charge on any atom is -0.356 e. The zero-order valence-electron chi connectivity index (χ0n) is 13.5.